The maximum Gasteiger partial charge on any atom is 0.259 e. The lowest BCUT2D eigenvalue weighted by Crippen LogP contribution is -2.38. The van der Waals surface area contributed by atoms with Crippen LogP contribution >= 0.6 is 23.4 Å². The summed E-state index contributed by atoms with van der Waals surface area (Å²) in [4.78, 5) is 27.6. The molecule has 0 spiro atoms. The van der Waals surface area contributed by atoms with Gasteiger partial charge >= 0.3 is 0 Å². The Hall–Kier alpha value is -2.77. The number of aromatic nitrogens is 2. The number of thioether (sulfide) groups is 1. The van der Waals surface area contributed by atoms with Crippen molar-refractivity contribution in [1.82, 2.24) is 14.7 Å². The van der Waals surface area contributed by atoms with Crippen LogP contribution in [0, 0.1) is 6.92 Å². The summed E-state index contributed by atoms with van der Waals surface area (Å²) in [7, 11) is 0. The van der Waals surface area contributed by atoms with Gasteiger partial charge in [-0.15, -0.1) is 0 Å². The minimum absolute atomic E-state index is 0.162. The minimum atomic E-state index is -0.180. The van der Waals surface area contributed by atoms with Crippen LogP contribution in [-0.4, -0.2) is 51.1 Å². The van der Waals surface area contributed by atoms with E-state index in [1.165, 1.54) is 0 Å². The number of carbonyl (C=O) groups is 2. The molecule has 34 heavy (non-hydrogen) atoms. The summed E-state index contributed by atoms with van der Waals surface area (Å²) in [6.07, 6.45) is 4.12. The van der Waals surface area contributed by atoms with E-state index in [1.807, 2.05) is 70.7 Å². The molecular formula is C26H27ClN4O2S. The van der Waals surface area contributed by atoms with Gasteiger partial charge in [-0.3, -0.25) is 9.59 Å². The largest absolute Gasteiger partial charge is 0.341 e. The van der Waals surface area contributed by atoms with Crippen molar-refractivity contribution in [3.05, 3.63) is 76.1 Å². The van der Waals surface area contributed by atoms with Gasteiger partial charge in [-0.25, -0.2) is 4.68 Å². The average Bonchev–Trinajstić information content (AvgIpc) is 3.60. The molecule has 6 nitrogen and oxygen atoms in total. The molecule has 176 valence electrons. The third-order valence-electron chi connectivity index (χ3n) is 6.35. The summed E-state index contributed by atoms with van der Waals surface area (Å²) in [5, 5.41) is 8.20. The molecule has 2 fully saturated rings. The van der Waals surface area contributed by atoms with Crippen molar-refractivity contribution < 1.29 is 9.59 Å². The zero-order valence-electron chi connectivity index (χ0n) is 19.1. The molecule has 2 heterocycles. The molecule has 2 amide bonds. The Labute approximate surface area is 208 Å². The zero-order valence-corrected chi connectivity index (χ0v) is 20.7. The highest BCUT2D eigenvalue weighted by Gasteiger charge is 2.33. The predicted octanol–water partition coefficient (Wildman–Crippen LogP) is 5.08. The average molecular weight is 495 g/mol. The molecule has 2 aromatic carbocycles. The van der Waals surface area contributed by atoms with Gasteiger partial charge in [0.2, 0.25) is 5.91 Å². The molecule has 1 N–H and O–H groups in total. The highest BCUT2D eigenvalue weighted by molar-refractivity contribution is 7.99. The number of aryl methyl sites for hydroxylation is 1. The summed E-state index contributed by atoms with van der Waals surface area (Å²) < 4.78 is 1.84. The molecule has 1 saturated carbocycles. The second-order valence-electron chi connectivity index (χ2n) is 8.88. The van der Waals surface area contributed by atoms with Crippen molar-refractivity contribution in [1.29, 1.82) is 0 Å². The smallest absolute Gasteiger partial charge is 0.259 e. The van der Waals surface area contributed by atoms with Crippen LogP contribution in [0.25, 0.3) is 5.69 Å². The van der Waals surface area contributed by atoms with Gasteiger partial charge in [0.15, 0.2) is 0 Å². The first-order chi connectivity index (χ1) is 16.5. The van der Waals surface area contributed by atoms with E-state index in [4.69, 9.17) is 11.6 Å². The number of anilines is 1. The first-order valence-electron chi connectivity index (χ1n) is 11.6. The van der Waals surface area contributed by atoms with Crippen LogP contribution in [0.5, 0.6) is 0 Å². The maximum atomic E-state index is 13.1. The molecule has 1 aromatic heterocycles. The molecule has 1 aliphatic heterocycles. The van der Waals surface area contributed by atoms with E-state index in [1.54, 1.807) is 6.20 Å². The van der Waals surface area contributed by atoms with Gasteiger partial charge in [0, 0.05) is 41.2 Å². The third-order valence-corrected chi connectivity index (χ3v) is 7.70. The van der Waals surface area contributed by atoms with E-state index < -0.39 is 0 Å². The number of halogens is 1. The van der Waals surface area contributed by atoms with Gasteiger partial charge in [0.05, 0.1) is 29.6 Å². The predicted molar refractivity (Wildman–Crippen MR) is 137 cm³/mol. The Morgan fingerprint density at radius 1 is 1.12 bits per heavy atom. The number of rotatable bonds is 6. The minimum Gasteiger partial charge on any atom is -0.341 e. The molecule has 0 radical (unpaired) electrons. The Morgan fingerprint density at radius 2 is 1.85 bits per heavy atom. The Bertz CT molecular complexity index is 1210. The van der Waals surface area contributed by atoms with Crippen LogP contribution in [0.2, 0.25) is 5.02 Å². The van der Waals surface area contributed by atoms with E-state index in [0.717, 1.165) is 59.9 Å². The fourth-order valence-electron chi connectivity index (χ4n) is 4.21. The Morgan fingerprint density at radius 3 is 2.53 bits per heavy atom. The molecule has 0 unspecified atom stereocenters. The number of amides is 2. The molecule has 1 saturated heterocycles. The molecule has 2 aliphatic rings. The topological polar surface area (TPSA) is 67.2 Å². The van der Waals surface area contributed by atoms with Crippen LogP contribution in [-0.2, 0) is 11.2 Å². The van der Waals surface area contributed by atoms with Crippen molar-refractivity contribution in [2.75, 3.05) is 29.9 Å². The van der Waals surface area contributed by atoms with Gasteiger partial charge in [0.1, 0.15) is 0 Å². The van der Waals surface area contributed by atoms with Gasteiger partial charge in [-0.1, -0.05) is 29.8 Å². The van der Waals surface area contributed by atoms with Gasteiger partial charge in [-0.2, -0.15) is 16.9 Å². The molecule has 3 aromatic rings. The lowest BCUT2D eigenvalue weighted by molar-refractivity contribution is -0.130. The highest BCUT2D eigenvalue weighted by Crippen LogP contribution is 2.42. The van der Waals surface area contributed by atoms with Crippen LogP contribution in [0.15, 0.2) is 48.7 Å². The van der Waals surface area contributed by atoms with Crippen molar-refractivity contribution in [2.24, 2.45) is 0 Å². The van der Waals surface area contributed by atoms with Crippen molar-refractivity contribution in [3.8, 4) is 5.69 Å². The van der Waals surface area contributed by atoms with Crippen LogP contribution in [0.4, 0.5) is 5.69 Å². The van der Waals surface area contributed by atoms with Crippen LogP contribution < -0.4 is 5.32 Å². The van der Waals surface area contributed by atoms with Crippen molar-refractivity contribution in [3.63, 3.8) is 0 Å². The molecule has 5 rings (SSSR count). The van der Waals surface area contributed by atoms with Crippen molar-refractivity contribution in [2.45, 2.75) is 32.1 Å². The number of carbonyl (C=O) groups excluding carboxylic acids is 2. The summed E-state index contributed by atoms with van der Waals surface area (Å²) in [6, 6.07) is 13.4. The highest BCUT2D eigenvalue weighted by atomic mass is 35.5. The zero-order chi connectivity index (χ0) is 23.7. The summed E-state index contributed by atoms with van der Waals surface area (Å²) in [5.41, 5.74) is 5.02. The van der Waals surface area contributed by atoms with E-state index in [9.17, 15) is 9.59 Å². The SMILES string of the molecule is Cc1ccc(-n2ncc(C(=O)Nc3ccc(CC(=O)N4CCSCC4)cc3)c2C2CC2)cc1Cl. The van der Waals surface area contributed by atoms with Crippen molar-refractivity contribution >= 4 is 40.9 Å². The quantitative estimate of drug-likeness (QED) is 0.518. The standard InChI is InChI=1S/C26H27ClN4O2S/c1-17-2-9-21(15-23(17)27)31-25(19-5-6-19)22(16-28-31)26(33)29-20-7-3-18(4-8-20)14-24(32)30-10-12-34-13-11-30/h2-4,7-9,15-16,19H,5-6,10-14H2,1H3,(H,29,33). The number of nitrogens with one attached hydrogen (secondary N) is 1. The summed E-state index contributed by atoms with van der Waals surface area (Å²) >= 11 is 8.22. The number of benzene rings is 2. The van der Waals surface area contributed by atoms with E-state index in [0.29, 0.717) is 28.6 Å². The fraction of sp³-hybridized carbons (Fsp3) is 0.346. The lowest BCUT2D eigenvalue weighted by Gasteiger charge is -2.26. The maximum absolute atomic E-state index is 13.1. The summed E-state index contributed by atoms with van der Waals surface area (Å²) in [5.74, 6) is 2.32. The monoisotopic (exact) mass is 494 g/mol. The fourth-order valence-corrected chi connectivity index (χ4v) is 5.28. The van der Waals surface area contributed by atoms with Gasteiger partial charge in [-0.05, 0) is 55.2 Å². The van der Waals surface area contributed by atoms with Crippen LogP contribution in [0.1, 0.15) is 45.9 Å². The van der Waals surface area contributed by atoms with E-state index in [2.05, 4.69) is 10.4 Å². The molecule has 0 atom stereocenters. The Balaban J connectivity index is 1.29. The van der Waals surface area contributed by atoms with E-state index in [-0.39, 0.29) is 11.8 Å². The third kappa shape index (κ3) is 5.00. The summed E-state index contributed by atoms with van der Waals surface area (Å²) in [6.45, 7) is 3.61. The number of hydrogen-bond acceptors (Lipinski definition) is 4. The second-order valence-corrected chi connectivity index (χ2v) is 10.5. The first kappa shape index (κ1) is 23.0. The molecule has 1 aliphatic carbocycles. The first-order valence-corrected chi connectivity index (χ1v) is 13.1. The Kier molecular flexibility index (Phi) is 6.66. The second kappa shape index (κ2) is 9.84. The van der Waals surface area contributed by atoms with Gasteiger partial charge in [0.25, 0.3) is 5.91 Å². The van der Waals surface area contributed by atoms with Gasteiger partial charge < -0.3 is 10.2 Å². The number of hydrogen-bond donors (Lipinski definition) is 1. The molecule has 8 heteroatoms. The van der Waals surface area contributed by atoms with E-state index >= 15 is 0 Å². The molecule has 0 bridgehead atoms. The molecular weight excluding hydrogens is 468 g/mol. The lowest BCUT2D eigenvalue weighted by atomic mass is 10.1. The number of nitrogens with zero attached hydrogens (tertiary/aromatic N) is 3. The van der Waals surface area contributed by atoms with Crippen LogP contribution in [0.3, 0.4) is 0 Å². The normalized spacial score (nSPS) is 15.9.